The SMILES string of the molecule is CNc1cc(C(F)(F)F)c(I)c(OC)c1[N+](=O)[O-]. The molecule has 1 aromatic carbocycles. The lowest BCUT2D eigenvalue weighted by atomic mass is 10.1. The van der Waals surface area contributed by atoms with Crippen molar-refractivity contribution in [1.29, 1.82) is 0 Å². The molecule has 0 aliphatic carbocycles. The first-order chi connectivity index (χ1) is 8.23. The maximum atomic E-state index is 12.8. The molecule has 0 aliphatic rings. The zero-order valence-electron chi connectivity index (χ0n) is 9.26. The van der Waals surface area contributed by atoms with Gasteiger partial charge < -0.3 is 10.1 Å². The number of rotatable bonds is 3. The number of benzene rings is 1. The average molecular weight is 376 g/mol. The first-order valence-corrected chi connectivity index (χ1v) is 5.61. The smallest absolute Gasteiger partial charge is 0.417 e. The lowest BCUT2D eigenvalue weighted by Crippen LogP contribution is -2.11. The fourth-order valence-electron chi connectivity index (χ4n) is 1.39. The van der Waals surface area contributed by atoms with E-state index in [-0.39, 0.29) is 9.26 Å². The van der Waals surface area contributed by atoms with Crippen LogP contribution in [0.25, 0.3) is 0 Å². The van der Waals surface area contributed by atoms with Crippen LogP contribution < -0.4 is 10.1 Å². The third-order valence-electron chi connectivity index (χ3n) is 2.16. The highest BCUT2D eigenvalue weighted by Crippen LogP contribution is 2.45. The minimum absolute atomic E-state index is 0.246. The van der Waals surface area contributed by atoms with Crippen molar-refractivity contribution in [3.63, 3.8) is 0 Å². The zero-order valence-corrected chi connectivity index (χ0v) is 11.4. The maximum absolute atomic E-state index is 12.8. The molecule has 0 spiro atoms. The monoisotopic (exact) mass is 376 g/mol. The standard InChI is InChI=1S/C9H8F3IN2O3/c1-14-5-3-4(9(10,11)12)6(13)8(18-2)7(5)15(16)17/h3,14H,1-2H3. The molecule has 100 valence electrons. The van der Waals surface area contributed by atoms with E-state index in [1.165, 1.54) is 29.6 Å². The number of nitrogens with one attached hydrogen (secondary N) is 1. The number of nitro groups is 1. The van der Waals surface area contributed by atoms with Gasteiger partial charge in [-0.2, -0.15) is 13.2 Å². The van der Waals surface area contributed by atoms with Crippen LogP contribution in [0.4, 0.5) is 24.5 Å². The van der Waals surface area contributed by atoms with Gasteiger partial charge in [-0.3, -0.25) is 10.1 Å². The molecular formula is C9H8F3IN2O3. The van der Waals surface area contributed by atoms with Gasteiger partial charge in [-0.1, -0.05) is 0 Å². The van der Waals surface area contributed by atoms with Gasteiger partial charge in [0.2, 0.25) is 5.75 Å². The van der Waals surface area contributed by atoms with Gasteiger partial charge in [-0.25, -0.2) is 0 Å². The number of hydrogen-bond donors (Lipinski definition) is 1. The van der Waals surface area contributed by atoms with Gasteiger partial charge >= 0.3 is 11.9 Å². The minimum Gasteiger partial charge on any atom is -0.489 e. The van der Waals surface area contributed by atoms with E-state index < -0.39 is 28.1 Å². The second kappa shape index (κ2) is 5.16. The molecule has 0 atom stereocenters. The second-order valence-corrected chi connectivity index (χ2v) is 4.25. The average Bonchev–Trinajstić information content (AvgIpc) is 2.26. The van der Waals surface area contributed by atoms with Crippen molar-refractivity contribution < 1.29 is 22.8 Å². The molecule has 0 saturated heterocycles. The molecule has 1 aromatic rings. The fourth-order valence-corrected chi connectivity index (χ4v) is 2.33. The Kier molecular flexibility index (Phi) is 4.24. The highest BCUT2D eigenvalue weighted by atomic mass is 127. The summed E-state index contributed by atoms with van der Waals surface area (Å²) < 4.78 is 42.7. The molecule has 0 unspecified atom stereocenters. The van der Waals surface area contributed by atoms with Gasteiger partial charge in [0.25, 0.3) is 0 Å². The quantitative estimate of drug-likeness (QED) is 0.500. The van der Waals surface area contributed by atoms with Crippen LogP contribution in [0, 0.1) is 13.7 Å². The third kappa shape index (κ3) is 2.60. The predicted octanol–water partition coefficient (Wildman–Crippen LogP) is 3.27. The van der Waals surface area contributed by atoms with Crippen molar-refractivity contribution >= 4 is 34.0 Å². The molecule has 0 bridgehead atoms. The molecule has 1 rings (SSSR count). The molecule has 0 aromatic heterocycles. The maximum Gasteiger partial charge on any atom is 0.417 e. The number of anilines is 1. The van der Waals surface area contributed by atoms with Crippen LogP contribution >= 0.6 is 22.6 Å². The predicted molar refractivity (Wildman–Crippen MR) is 66.9 cm³/mol. The van der Waals surface area contributed by atoms with Gasteiger partial charge in [-0.05, 0) is 28.7 Å². The molecule has 9 heteroatoms. The van der Waals surface area contributed by atoms with Crippen molar-refractivity contribution in [2.45, 2.75) is 6.18 Å². The van der Waals surface area contributed by atoms with E-state index >= 15 is 0 Å². The van der Waals surface area contributed by atoms with Crippen LogP contribution in [0.2, 0.25) is 0 Å². The number of nitro benzene ring substituents is 1. The number of hydrogen-bond acceptors (Lipinski definition) is 4. The molecule has 0 fully saturated rings. The van der Waals surface area contributed by atoms with Gasteiger partial charge in [0, 0.05) is 7.05 Å². The van der Waals surface area contributed by atoms with E-state index in [0.717, 1.165) is 7.11 Å². The van der Waals surface area contributed by atoms with E-state index in [2.05, 4.69) is 5.32 Å². The van der Waals surface area contributed by atoms with E-state index in [1.807, 2.05) is 0 Å². The summed E-state index contributed by atoms with van der Waals surface area (Å²) >= 11 is 1.38. The van der Waals surface area contributed by atoms with Crippen LogP contribution in [0.15, 0.2) is 6.07 Å². The van der Waals surface area contributed by atoms with Crippen molar-refractivity contribution in [2.24, 2.45) is 0 Å². The summed E-state index contributed by atoms with van der Waals surface area (Å²) in [6.07, 6.45) is -4.61. The molecule has 0 aliphatic heterocycles. The van der Waals surface area contributed by atoms with E-state index in [4.69, 9.17) is 4.74 Å². The van der Waals surface area contributed by atoms with Gasteiger partial charge in [-0.15, -0.1) is 0 Å². The Bertz CT molecular complexity index is 491. The first kappa shape index (κ1) is 14.8. The molecule has 0 radical (unpaired) electrons. The summed E-state index contributed by atoms with van der Waals surface area (Å²) in [5.41, 5.74) is -1.74. The van der Waals surface area contributed by atoms with Gasteiger partial charge in [0.05, 0.1) is 21.2 Å². The number of alkyl halides is 3. The summed E-state index contributed by atoms with van der Waals surface area (Å²) in [6.45, 7) is 0. The van der Waals surface area contributed by atoms with Crippen molar-refractivity contribution in [1.82, 2.24) is 0 Å². The Morgan fingerprint density at radius 2 is 2.06 bits per heavy atom. The van der Waals surface area contributed by atoms with Crippen LogP contribution in [-0.4, -0.2) is 19.1 Å². The largest absolute Gasteiger partial charge is 0.489 e. The van der Waals surface area contributed by atoms with E-state index in [0.29, 0.717) is 6.07 Å². The summed E-state index contributed by atoms with van der Waals surface area (Å²) in [4.78, 5) is 10.1. The highest BCUT2D eigenvalue weighted by Gasteiger charge is 2.38. The van der Waals surface area contributed by atoms with Crippen molar-refractivity contribution in [3.05, 3.63) is 25.3 Å². The molecular weight excluding hydrogens is 368 g/mol. The Morgan fingerprint density at radius 1 is 1.50 bits per heavy atom. The van der Waals surface area contributed by atoms with Gasteiger partial charge in [0.1, 0.15) is 5.69 Å². The Balaban J connectivity index is 3.69. The van der Waals surface area contributed by atoms with Crippen LogP contribution in [0.3, 0.4) is 0 Å². The van der Waals surface area contributed by atoms with E-state index in [9.17, 15) is 23.3 Å². The summed E-state index contributed by atoms with van der Waals surface area (Å²) in [6, 6.07) is 0.697. The Morgan fingerprint density at radius 3 is 2.39 bits per heavy atom. The molecule has 0 saturated carbocycles. The molecule has 5 nitrogen and oxygen atoms in total. The normalized spacial score (nSPS) is 11.2. The number of halogens is 4. The van der Waals surface area contributed by atoms with Crippen molar-refractivity contribution in [3.8, 4) is 5.75 Å². The summed E-state index contributed by atoms with van der Waals surface area (Å²) in [5, 5.41) is 13.2. The Hall–Kier alpha value is -1.26. The first-order valence-electron chi connectivity index (χ1n) is 4.53. The number of ether oxygens (including phenoxy) is 1. The van der Waals surface area contributed by atoms with E-state index in [1.54, 1.807) is 0 Å². The fraction of sp³-hybridized carbons (Fsp3) is 0.333. The molecule has 0 amide bonds. The zero-order chi connectivity index (χ0) is 14.1. The number of methoxy groups -OCH3 is 1. The molecule has 18 heavy (non-hydrogen) atoms. The lowest BCUT2D eigenvalue weighted by molar-refractivity contribution is -0.384. The summed E-state index contributed by atoms with van der Waals surface area (Å²) in [7, 11) is 2.39. The molecule has 1 N–H and O–H groups in total. The topological polar surface area (TPSA) is 64.4 Å². The van der Waals surface area contributed by atoms with Crippen LogP contribution in [0.5, 0.6) is 5.75 Å². The highest BCUT2D eigenvalue weighted by molar-refractivity contribution is 14.1. The number of nitrogens with zero attached hydrogens (tertiary/aromatic N) is 1. The van der Waals surface area contributed by atoms with Crippen LogP contribution in [0.1, 0.15) is 5.56 Å². The lowest BCUT2D eigenvalue weighted by Gasteiger charge is -2.15. The van der Waals surface area contributed by atoms with Gasteiger partial charge in [0.15, 0.2) is 0 Å². The molecule has 0 heterocycles. The minimum atomic E-state index is -4.61. The van der Waals surface area contributed by atoms with Crippen molar-refractivity contribution in [2.75, 3.05) is 19.5 Å². The third-order valence-corrected chi connectivity index (χ3v) is 3.23. The summed E-state index contributed by atoms with van der Waals surface area (Å²) in [5.74, 6) is -0.403. The van der Waals surface area contributed by atoms with Crippen LogP contribution in [-0.2, 0) is 6.18 Å². The second-order valence-electron chi connectivity index (χ2n) is 3.17. The Labute approximate surface area is 114 Å².